The number of nitrogens with two attached hydrogens (primary N) is 1. The summed E-state index contributed by atoms with van der Waals surface area (Å²) >= 11 is 0. The SMILES string of the molecule is CN(c1ccccc1S(=O)(=O)C(F)F)C1CCC(N)CC1. The molecular weight excluding hydrogens is 298 g/mol. The van der Waals surface area contributed by atoms with Crippen molar-refractivity contribution in [3.8, 4) is 0 Å². The van der Waals surface area contributed by atoms with Crippen LogP contribution in [-0.4, -0.2) is 33.3 Å². The molecule has 0 atom stereocenters. The molecule has 0 aliphatic heterocycles. The van der Waals surface area contributed by atoms with E-state index in [9.17, 15) is 17.2 Å². The molecule has 2 N–H and O–H groups in total. The van der Waals surface area contributed by atoms with E-state index < -0.39 is 15.6 Å². The minimum absolute atomic E-state index is 0.124. The fourth-order valence-electron chi connectivity index (χ4n) is 2.77. The second kappa shape index (κ2) is 6.27. The van der Waals surface area contributed by atoms with Crippen LogP contribution in [0.2, 0.25) is 0 Å². The number of benzene rings is 1. The average molecular weight is 318 g/mol. The number of nitrogens with zero attached hydrogens (tertiary/aromatic N) is 1. The zero-order valence-corrected chi connectivity index (χ0v) is 12.7. The van der Waals surface area contributed by atoms with Gasteiger partial charge in [0.1, 0.15) is 0 Å². The number of para-hydroxylation sites is 1. The Balaban J connectivity index is 2.32. The summed E-state index contributed by atoms with van der Waals surface area (Å²) in [5.41, 5.74) is 6.19. The van der Waals surface area contributed by atoms with Gasteiger partial charge in [-0.25, -0.2) is 8.42 Å². The van der Waals surface area contributed by atoms with E-state index in [4.69, 9.17) is 5.73 Å². The van der Waals surface area contributed by atoms with Gasteiger partial charge in [0.15, 0.2) is 0 Å². The molecule has 0 heterocycles. The van der Waals surface area contributed by atoms with Gasteiger partial charge >= 0.3 is 5.76 Å². The summed E-state index contributed by atoms with van der Waals surface area (Å²) in [5, 5.41) is 0. The molecule has 0 amide bonds. The van der Waals surface area contributed by atoms with E-state index in [0.717, 1.165) is 25.7 Å². The van der Waals surface area contributed by atoms with E-state index in [0.29, 0.717) is 5.69 Å². The van der Waals surface area contributed by atoms with Gasteiger partial charge in [0.2, 0.25) is 9.84 Å². The van der Waals surface area contributed by atoms with E-state index in [-0.39, 0.29) is 17.0 Å². The second-order valence-corrected chi connectivity index (χ2v) is 7.34. The molecule has 1 aliphatic carbocycles. The predicted octanol–water partition coefficient (Wildman–Crippen LogP) is 2.39. The van der Waals surface area contributed by atoms with Crippen molar-refractivity contribution in [1.29, 1.82) is 0 Å². The normalized spacial score (nSPS) is 23.3. The predicted molar refractivity (Wildman–Crippen MR) is 78.3 cm³/mol. The van der Waals surface area contributed by atoms with Gasteiger partial charge in [-0.2, -0.15) is 8.78 Å². The van der Waals surface area contributed by atoms with Crippen LogP contribution >= 0.6 is 0 Å². The van der Waals surface area contributed by atoms with Gasteiger partial charge in [-0.1, -0.05) is 12.1 Å². The van der Waals surface area contributed by atoms with Crippen molar-refractivity contribution in [3.63, 3.8) is 0 Å². The molecule has 0 unspecified atom stereocenters. The molecule has 2 rings (SSSR count). The first-order valence-corrected chi connectivity index (χ1v) is 8.48. The Kier molecular flexibility index (Phi) is 4.83. The number of anilines is 1. The van der Waals surface area contributed by atoms with Crippen LogP contribution in [0.4, 0.5) is 14.5 Å². The van der Waals surface area contributed by atoms with E-state index in [1.165, 1.54) is 12.1 Å². The molecule has 1 fully saturated rings. The first-order valence-electron chi connectivity index (χ1n) is 6.93. The van der Waals surface area contributed by atoms with Crippen molar-refractivity contribution in [2.45, 2.75) is 48.4 Å². The molecule has 0 saturated heterocycles. The minimum atomic E-state index is -4.60. The first-order chi connectivity index (χ1) is 9.84. The van der Waals surface area contributed by atoms with E-state index in [1.54, 1.807) is 24.1 Å². The minimum Gasteiger partial charge on any atom is -0.371 e. The number of sulfone groups is 1. The van der Waals surface area contributed by atoms with Crippen molar-refractivity contribution in [2.75, 3.05) is 11.9 Å². The van der Waals surface area contributed by atoms with Crippen LogP contribution in [0, 0.1) is 0 Å². The fourth-order valence-corrected chi connectivity index (χ4v) is 3.73. The van der Waals surface area contributed by atoms with E-state index in [2.05, 4.69) is 0 Å². The molecule has 118 valence electrons. The van der Waals surface area contributed by atoms with Gasteiger partial charge < -0.3 is 10.6 Å². The molecule has 0 bridgehead atoms. The molecule has 1 saturated carbocycles. The van der Waals surface area contributed by atoms with Crippen LogP contribution < -0.4 is 10.6 Å². The Labute approximate surface area is 123 Å². The van der Waals surface area contributed by atoms with Crippen LogP contribution in [0.5, 0.6) is 0 Å². The lowest BCUT2D eigenvalue weighted by Crippen LogP contribution is -2.39. The molecular formula is C14H20F2N2O2S. The third-order valence-electron chi connectivity index (χ3n) is 4.08. The lowest BCUT2D eigenvalue weighted by atomic mass is 9.91. The maximum atomic E-state index is 12.8. The highest BCUT2D eigenvalue weighted by atomic mass is 32.2. The third-order valence-corrected chi connectivity index (χ3v) is 5.50. The van der Waals surface area contributed by atoms with Gasteiger partial charge in [-0.15, -0.1) is 0 Å². The first kappa shape index (κ1) is 16.2. The number of halogens is 2. The zero-order valence-electron chi connectivity index (χ0n) is 11.9. The van der Waals surface area contributed by atoms with Gasteiger partial charge in [-0.05, 0) is 37.8 Å². The quantitative estimate of drug-likeness (QED) is 0.926. The van der Waals surface area contributed by atoms with Crippen molar-refractivity contribution >= 4 is 15.5 Å². The summed E-state index contributed by atoms with van der Waals surface area (Å²) in [6.45, 7) is 0. The maximum Gasteiger partial charge on any atom is 0.341 e. The number of hydrogen-bond acceptors (Lipinski definition) is 4. The Morgan fingerprint density at radius 3 is 2.33 bits per heavy atom. The van der Waals surface area contributed by atoms with Crippen molar-refractivity contribution < 1.29 is 17.2 Å². The summed E-state index contributed by atoms with van der Waals surface area (Å²) in [4.78, 5) is 1.48. The molecule has 1 aromatic carbocycles. The molecule has 21 heavy (non-hydrogen) atoms. The van der Waals surface area contributed by atoms with Gasteiger partial charge in [0.25, 0.3) is 0 Å². The third kappa shape index (κ3) is 3.35. The van der Waals surface area contributed by atoms with Crippen LogP contribution in [0.3, 0.4) is 0 Å². The smallest absolute Gasteiger partial charge is 0.341 e. The van der Waals surface area contributed by atoms with Gasteiger partial charge in [0.05, 0.1) is 10.6 Å². The highest BCUT2D eigenvalue weighted by Crippen LogP contribution is 2.32. The standard InChI is InChI=1S/C14H20F2N2O2S/c1-18(11-8-6-10(17)7-9-11)12-4-2-3-5-13(12)21(19,20)14(15)16/h2-5,10-11,14H,6-9,17H2,1H3. The van der Waals surface area contributed by atoms with Crippen LogP contribution in [0.15, 0.2) is 29.2 Å². The molecule has 0 aromatic heterocycles. The number of alkyl halides is 2. The molecule has 4 nitrogen and oxygen atoms in total. The van der Waals surface area contributed by atoms with Crippen molar-refractivity contribution in [3.05, 3.63) is 24.3 Å². The monoisotopic (exact) mass is 318 g/mol. The summed E-state index contributed by atoms with van der Waals surface area (Å²) in [5.74, 6) is -3.41. The highest BCUT2D eigenvalue weighted by molar-refractivity contribution is 7.91. The number of hydrogen-bond donors (Lipinski definition) is 1. The van der Waals surface area contributed by atoms with Crippen molar-refractivity contribution in [2.24, 2.45) is 5.73 Å². The maximum absolute atomic E-state index is 12.8. The Morgan fingerprint density at radius 2 is 1.76 bits per heavy atom. The molecule has 7 heteroatoms. The Bertz CT molecular complexity index is 584. The summed E-state index contributed by atoms with van der Waals surface area (Å²) < 4.78 is 49.2. The molecule has 1 aliphatic rings. The van der Waals surface area contributed by atoms with Crippen molar-refractivity contribution in [1.82, 2.24) is 0 Å². The van der Waals surface area contributed by atoms with Gasteiger partial charge in [-0.3, -0.25) is 0 Å². The zero-order chi connectivity index (χ0) is 15.6. The Morgan fingerprint density at radius 1 is 1.19 bits per heavy atom. The fraction of sp³-hybridized carbons (Fsp3) is 0.571. The summed E-state index contributed by atoms with van der Waals surface area (Å²) in [7, 11) is -2.85. The number of rotatable bonds is 4. The van der Waals surface area contributed by atoms with E-state index >= 15 is 0 Å². The lowest BCUT2D eigenvalue weighted by Gasteiger charge is -2.35. The molecule has 0 radical (unpaired) electrons. The van der Waals surface area contributed by atoms with E-state index in [1.807, 2.05) is 0 Å². The summed E-state index contributed by atoms with van der Waals surface area (Å²) in [6.07, 6.45) is 3.39. The largest absolute Gasteiger partial charge is 0.371 e. The lowest BCUT2D eigenvalue weighted by molar-refractivity contribution is 0.234. The summed E-state index contributed by atoms with van der Waals surface area (Å²) in [6, 6.07) is 6.23. The average Bonchev–Trinajstić information content (AvgIpc) is 2.47. The Hall–Kier alpha value is -1.21. The van der Waals surface area contributed by atoms with Gasteiger partial charge in [0, 0.05) is 19.1 Å². The van der Waals surface area contributed by atoms with Crippen LogP contribution in [0.25, 0.3) is 0 Å². The highest BCUT2D eigenvalue weighted by Gasteiger charge is 2.32. The van der Waals surface area contributed by atoms with Crippen LogP contribution in [-0.2, 0) is 9.84 Å². The topological polar surface area (TPSA) is 63.4 Å². The molecule has 1 aromatic rings. The second-order valence-electron chi connectivity index (χ2n) is 5.45. The molecule has 0 spiro atoms. The van der Waals surface area contributed by atoms with Crippen LogP contribution in [0.1, 0.15) is 25.7 Å².